The van der Waals surface area contributed by atoms with Crippen molar-refractivity contribution in [2.24, 2.45) is 0 Å². The van der Waals surface area contributed by atoms with Gasteiger partial charge in [-0.3, -0.25) is 4.98 Å². The van der Waals surface area contributed by atoms with Gasteiger partial charge in [0.15, 0.2) is 5.58 Å². The number of nitrogen functional groups attached to an aromatic ring is 1. The third-order valence-corrected chi connectivity index (χ3v) is 4.12. The molecule has 0 amide bonds. The smallest absolute Gasteiger partial charge is 0.408 e. The Kier molecular flexibility index (Phi) is 2.98. The van der Waals surface area contributed by atoms with E-state index in [9.17, 15) is 4.79 Å². The standard InChI is InChI=1S/C13H14N4O2S/c1-6-5-20-12(15-6)7(2)16-9-4-10-11(3-8(9)14)19-13(18)17-10/h3-5,7,16H,14H2,1-2H3,(H,17,18). The molecule has 0 saturated carbocycles. The third-order valence-electron chi connectivity index (χ3n) is 2.97. The van der Waals surface area contributed by atoms with Crippen molar-refractivity contribution < 1.29 is 4.42 Å². The van der Waals surface area contributed by atoms with E-state index in [1.807, 2.05) is 19.2 Å². The second-order valence-electron chi connectivity index (χ2n) is 4.64. The molecular formula is C13H14N4O2S. The Hall–Kier alpha value is -2.28. The normalized spacial score (nSPS) is 12.7. The number of nitrogens with two attached hydrogens (primary N) is 1. The van der Waals surface area contributed by atoms with Crippen molar-refractivity contribution in [3.63, 3.8) is 0 Å². The van der Waals surface area contributed by atoms with E-state index in [1.54, 1.807) is 23.5 Å². The quantitative estimate of drug-likeness (QED) is 0.644. The second kappa shape index (κ2) is 4.68. The fourth-order valence-corrected chi connectivity index (χ4v) is 2.81. The van der Waals surface area contributed by atoms with E-state index in [0.29, 0.717) is 16.8 Å². The van der Waals surface area contributed by atoms with E-state index in [0.717, 1.165) is 16.4 Å². The molecule has 6 nitrogen and oxygen atoms in total. The van der Waals surface area contributed by atoms with Gasteiger partial charge in [-0.2, -0.15) is 0 Å². The molecule has 1 aromatic carbocycles. The first kappa shape index (κ1) is 12.7. The van der Waals surface area contributed by atoms with Gasteiger partial charge < -0.3 is 15.5 Å². The minimum Gasteiger partial charge on any atom is -0.408 e. The number of H-pyrrole nitrogens is 1. The zero-order valence-electron chi connectivity index (χ0n) is 11.1. The van der Waals surface area contributed by atoms with Crippen molar-refractivity contribution in [2.45, 2.75) is 19.9 Å². The average molecular weight is 290 g/mol. The summed E-state index contributed by atoms with van der Waals surface area (Å²) in [4.78, 5) is 18.2. The number of thiazole rings is 1. The summed E-state index contributed by atoms with van der Waals surface area (Å²) in [5, 5.41) is 6.30. The van der Waals surface area contributed by atoms with Gasteiger partial charge in [0.25, 0.3) is 0 Å². The maximum atomic E-state index is 11.2. The molecule has 3 aromatic rings. The zero-order valence-corrected chi connectivity index (χ0v) is 11.9. The molecule has 3 rings (SSSR count). The molecule has 1 unspecified atom stereocenters. The van der Waals surface area contributed by atoms with E-state index < -0.39 is 5.76 Å². The van der Waals surface area contributed by atoms with Gasteiger partial charge in [-0.05, 0) is 19.9 Å². The third kappa shape index (κ3) is 2.27. The van der Waals surface area contributed by atoms with Crippen LogP contribution in [-0.4, -0.2) is 9.97 Å². The molecule has 20 heavy (non-hydrogen) atoms. The minimum absolute atomic E-state index is 0.0343. The molecule has 7 heteroatoms. The minimum atomic E-state index is -0.486. The van der Waals surface area contributed by atoms with Crippen LogP contribution in [0.4, 0.5) is 11.4 Å². The molecule has 0 fully saturated rings. The van der Waals surface area contributed by atoms with Crippen molar-refractivity contribution in [1.82, 2.24) is 9.97 Å². The fraction of sp³-hybridized carbons (Fsp3) is 0.231. The average Bonchev–Trinajstić information content (AvgIpc) is 2.95. The molecule has 0 aliphatic carbocycles. The van der Waals surface area contributed by atoms with Gasteiger partial charge in [0.2, 0.25) is 0 Å². The summed E-state index contributed by atoms with van der Waals surface area (Å²) in [7, 11) is 0. The molecule has 2 aromatic heterocycles. The summed E-state index contributed by atoms with van der Waals surface area (Å²) in [6, 6.07) is 3.44. The van der Waals surface area contributed by atoms with Crippen molar-refractivity contribution in [1.29, 1.82) is 0 Å². The highest BCUT2D eigenvalue weighted by molar-refractivity contribution is 7.09. The van der Waals surface area contributed by atoms with Crippen LogP contribution >= 0.6 is 11.3 Å². The Morgan fingerprint density at radius 2 is 2.30 bits per heavy atom. The number of hydrogen-bond donors (Lipinski definition) is 3. The lowest BCUT2D eigenvalue weighted by Gasteiger charge is -2.14. The van der Waals surface area contributed by atoms with Crippen LogP contribution in [-0.2, 0) is 0 Å². The number of benzene rings is 1. The molecule has 0 aliphatic heterocycles. The Morgan fingerprint density at radius 3 is 3.00 bits per heavy atom. The topological polar surface area (TPSA) is 96.9 Å². The number of aromatic nitrogens is 2. The van der Waals surface area contributed by atoms with Crippen molar-refractivity contribution in [3.8, 4) is 0 Å². The Labute approximate surface area is 118 Å². The van der Waals surface area contributed by atoms with E-state index in [2.05, 4.69) is 15.3 Å². The van der Waals surface area contributed by atoms with E-state index >= 15 is 0 Å². The lowest BCUT2D eigenvalue weighted by atomic mass is 10.2. The fourth-order valence-electron chi connectivity index (χ4n) is 2.00. The number of fused-ring (bicyclic) bond motifs is 1. The summed E-state index contributed by atoms with van der Waals surface area (Å²) >= 11 is 1.60. The highest BCUT2D eigenvalue weighted by atomic mass is 32.1. The van der Waals surface area contributed by atoms with E-state index in [1.165, 1.54) is 0 Å². The summed E-state index contributed by atoms with van der Waals surface area (Å²) in [5.74, 6) is -0.486. The van der Waals surface area contributed by atoms with Crippen molar-refractivity contribution >= 4 is 33.8 Å². The Morgan fingerprint density at radius 1 is 1.50 bits per heavy atom. The number of oxazole rings is 1. The van der Waals surface area contributed by atoms with Gasteiger partial charge >= 0.3 is 5.76 Å². The number of anilines is 2. The lowest BCUT2D eigenvalue weighted by molar-refractivity contribution is 0.555. The molecule has 4 N–H and O–H groups in total. The molecule has 0 radical (unpaired) electrons. The Bertz CT molecular complexity index is 817. The van der Waals surface area contributed by atoms with Crippen molar-refractivity contribution in [2.75, 3.05) is 11.1 Å². The van der Waals surface area contributed by atoms with Crippen LogP contribution in [0.3, 0.4) is 0 Å². The zero-order chi connectivity index (χ0) is 14.3. The largest absolute Gasteiger partial charge is 0.417 e. The van der Waals surface area contributed by atoms with Crippen molar-refractivity contribution in [3.05, 3.63) is 38.8 Å². The van der Waals surface area contributed by atoms with E-state index in [-0.39, 0.29) is 6.04 Å². The summed E-state index contributed by atoms with van der Waals surface area (Å²) < 4.78 is 4.97. The monoisotopic (exact) mass is 290 g/mol. The summed E-state index contributed by atoms with van der Waals surface area (Å²) in [6.07, 6.45) is 0. The molecule has 0 spiro atoms. The molecule has 2 heterocycles. The number of aromatic amines is 1. The molecular weight excluding hydrogens is 276 g/mol. The second-order valence-corrected chi connectivity index (χ2v) is 5.53. The first-order valence-electron chi connectivity index (χ1n) is 6.14. The maximum Gasteiger partial charge on any atom is 0.417 e. The maximum absolute atomic E-state index is 11.2. The molecule has 0 saturated heterocycles. The molecule has 0 bridgehead atoms. The molecule has 104 valence electrons. The first-order valence-corrected chi connectivity index (χ1v) is 7.02. The van der Waals surface area contributed by atoms with Crippen LogP contribution in [0.2, 0.25) is 0 Å². The van der Waals surface area contributed by atoms with Gasteiger partial charge in [0, 0.05) is 17.1 Å². The van der Waals surface area contributed by atoms with Crippen LogP contribution in [0.25, 0.3) is 11.1 Å². The highest BCUT2D eigenvalue weighted by Gasteiger charge is 2.12. The van der Waals surface area contributed by atoms with Gasteiger partial charge in [0.05, 0.1) is 22.9 Å². The SMILES string of the molecule is Cc1csc(C(C)Nc2cc3[nH]c(=O)oc3cc2N)n1. The van der Waals surface area contributed by atoms with Gasteiger partial charge in [0.1, 0.15) is 5.01 Å². The summed E-state index contributed by atoms with van der Waals surface area (Å²) in [6.45, 7) is 3.98. The van der Waals surface area contributed by atoms with Gasteiger partial charge in [-0.1, -0.05) is 0 Å². The number of rotatable bonds is 3. The van der Waals surface area contributed by atoms with Crippen LogP contribution in [0.15, 0.2) is 26.7 Å². The number of hydrogen-bond acceptors (Lipinski definition) is 6. The lowest BCUT2D eigenvalue weighted by Crippen LogP contribution is -2.08. The van der Waals surface area contributed by atoms with Crippen LogP contribution < -0.4 is 16.8 Å². The highest BCUT2D eigenvalue weighted by Crippen LogP contribution is 2.29. The summed E-state index contributed by atoms with van der Waals surface area (Å²) in [5.41, 5.74) is 9.32. The number of aryl methyl sites for hydroxylation is 1. The number of nitrogens with zero attached hydrogens (tertiary/aromatic N) is 1. The van der Waals surface area contributed by atoms with Crippen LogP contribution in [0, 0.1) is 6.92 Å². The first-order chi connectivity index (χ1) is 9.52. The Balaban J connectivity index is 1.93. The van der Waals surface area contributed by atoms with Gasteiger partial charge in [-0.25, -0.2) is 9.78 Å². The van der Waals surface area contributed by atoms with Gasteiger partial charge in [-0.15, -0.1) is 11.3 Å². The molecule has 1 atom stereocenters. The van der Waals surface area contributed by atoms with E-state index in [4.69, 9.17) is 10.2 Å². The number of nitrogens with one attached hydrogen (secondary N) is 2. The van der Waals surface area contributed by atoms with Crippen LogP contribution in [0.1, 0.15) is 23.7 Å². The predicted molar refractivity (Wildman–Crippen MR) is 80.1 cm³/mol. The predicted octanol–water partition coefficient (Wildman–Crippen LogP) is 2.64. The van der Waals surface area contributed by atoms with Crippen LogP contribution in [0.5, 0.6) is 0 Å². The molecule has 0 aliphatic rings.